The Balaban J connectivity index is 4.58. The fourth-order valence-corrected chi connectivity index (χ4v) is 4.16. The van der Waals surface area contributed by atoms with E-state index in [1.807, 2.05) is 0 Å². The first-order chi connectivity index (χ1) is 11.9. The van der Waals surface area contributed by atoms with Crippen LogP contribution in [0, 0.1) is 17.8 Å². The van der Waals surface area contributed by atoms with Crippen molar-refractivity contribution in [1.29, 1.82) is 0 Å². The molecule has 0 aromatic heterocycles. The van der Waals surface area contributed by atoms with Gasteiger partial charge in [-0.05, 0) is 43.4 Å². The number of rotatable bonds is 17. The molecule has 0 aromatic rings. The average molecular weight is 379 g/mol. The lowest BCUT2D eigenvalue weighted by molar-refractivity contribution is 0.182. The van der Waals surface area contributed by atoms with E-state index in [2.05, 4.69) is 32.2 Å². The molecular formula is C20H43O4P. The molecule has 25 heavy (non-hydrogen) atoms. The van der Waals surface area contributed by atoms with Crippen LogP contribution in [0.5, 0.6) is 0 Å². The van der Waals surface area contributed by atoms with Crippen molar-refractivity contribution in [3.8, 4) is 0 Å². The van der Waals surface area contributed by atoms with Gasteiger partial charge in [-0.3, -0.25) is 4.52 Å². The summed E-state index contributed by atoms with van der Waals surface area (Å²) < 4.78 is 15.5. The molecule has 0 aliphatic carbocycles. The Morgan fingerprint density at radius 3 is 1.56 bits per heavy atom. The van der Waals surface area contributed by atoms with Gasteiger partial charge in [0.05, 0.1) is 6.61 Å². The van der Waals surface area contributed by atoms with Crippen LogP contribution in [-0.4, -0.2) is 16.4 Å². The van der Waals surface area contributed by atoms with E-state index in [9.17, 15) is 4.57 Å². The van der Waals surface area contributed by atoms with Crippen LogP contribution < -0.4 is 0 Å². The fourth-order valence-electron chi connectivity index (χ4n) is 3.79. The molecule has 2 unspecified atom stereocenters. The van der Waals surface area contributed by atoms with Gasteiger partial charge in [-0.25, -0.2) is 4.57 Å². The predicted molar refractivity (Wildman–Crippen MR) is 107 cm³/mol. The van der Waals surface area contributed by atoms with Crippen LogP contribution in [0.3, 0.4) is 0 Å². The average Bonchev–Trinajstić information content (AvgIpc) is 2.57. The van der Waals surface area contributed by atoms with Gasteiger partial charge in [0.15, 0.2) is 0 Å². The van der Waals surface area contributed by atoms with Crippen molar-refractivity contribution < 1.29 is 18.9 Å². The van der Waals surface area contributed by atoms with E-state index in [0.29, 0.717) is 5.92 Å². The molecule has 0 spiro atoms. The smallest absolute Gasteiger partial charge is 0.303 e. The molecule has 0 saturated heterocycles. The maximum atomic E-state index is 10.8. The van der Waals surface area contributed by atoms with Crippen LogP contribution >= 0.6 is 7.82 Å². The van der Waals surface area contributed by atoms with Gasteiger partial charge in [-0.1, -0.05) is 79.1 Å². The second-order valence-electron chi connectivity index (χ2n) is 7.64. The normalized spacial score (nSPS) is 15.9. The fraction of sp³-hybridized carbons (Fsp3) is 1.00. The molecule has 0 heterocycles. The number of phosphoric acid groups is 1. The quantitative estimate of drug-likeness (QED) is 0.218. The third kappa shape index (κ3) is 14.9. The maximum absolute atomic E-state index is 10.8. The van der Waals surface area contributed by atoms with Gasteiger partial charge in [-0.2, -0.15) is 0 Å². The second-order valence-corrected chi connectivity index (χ2v) is 8.88. The SMILES string of the molecule is CCCCC(CC)CC(CCCOP(=O)(O)O)CC(CC)CCCC. The lowest BCUT2D eigenvalue weighted by Gasteiger charge is -2.27. The number of phosphoric ester groups is 1. The predicted octanol–water partition coefficient (Wildman–Crippen LogP) is 6.71. The van der Waals surface area contributed by atoms with Gasteiger partial charge in [0.1, 0.15) is 0 Å². The number of hydrogen-bond acceptors (Lipinski definition) is 2. The molecule has 0 rings (SSSR count). The van der Waals surface area contributed by atoms with E-state index in [-0.39, 0.29) is 6.61 Å². The van der Waals surface area contributed by atoms with Crippen LogP contribution in [-0.2, 0) is 9.09 Å². The molecular weight excluding hydrogens is 335 g/mol. The van der Waals surface area contributed by atoms with Gasteiger partial charge in [0, 0.05) is 0 Å². The van der Waals surface area contributed by atoms with Crippen molar-refractivity contribution in [2.75, 3.05) is 6.61 Å². The minimum absolute atomic E-state index is 0.165. The van der Waals surface area contributed by atoms with E-state index in [4.69, 9.17) is 9.79 Å². The number of unbranched alkanes of at least 4 members (excludes halogenated alkanes) is 2. The van der Waals surface area contributed by atoms with Crippen LogP contribution in [0.1, 0.15) is 105 Å². The third-order valence-corrected chi connectivity index (χ3v) is 5.95. The van der Waals surface area contributed by atoms with Crippen molar-refractivity contribution in [2.24, 2.45) is 17.8 Å². The first-order valence-corrected chi connectivity index (χ1v) is 12.1. The summed E-state index contributed by atoms with van der Waals surface area (Å²) in [4.78, 5) is 17.7. The highest BCUT2D eigenvalue weighted by atomic mass is 31.2. The van der Waals surface area contributed by atoms with Gasteiger partial charge in [0.25, 0.3) is 0 Å². The summed E-state index contributed by atoms with van der Waals surface area (Å²) in [6, 6.07) is 0. The summed E-state index contributed by atoms with van der Waals surface area (Å²) in [6.45, 7) is 9.26. The molecule has 152 valence electrons. The van der Waals surface area contributed by atoms with E-state index in [1.54, 1.807) is 0 Å². The highest BCUT2D eigenvalue weighted by Gasteiger charge is 2.20. The zero-order chi connectivity index (χ0) is 19.1. The summed E-state index contributed by atoms with van der Waals surface area (Å²) in [6.07, 6.45) is 14.5. The van der Waals surface area contributed by atoms with Gasteiger partial charge in [-0.15, -0.1) is 0 Å². The van der Waals surface area contributed by atoms with Crippen molar-refractivity contribution in [3.05, 3.63) is 0 Å². The summed E-state index contributed by atoms with van der Waals surface area (Å²) >= 11 is 0. The Kier molecular flexibility index (Phi) is 15.3. The van der Waals surface area contributed by atoms with E-state index in [0.717, 1.165) is 24.7 Å². The molecule has 0 aromatic carbocycles. The standard InChI is InChI=1S/C20H43O4P/c1-5-9-12-18(7-3)16-20(14-11-15-24-25(21,22)23)17-19(8-4)13-10-6-2/h18-20H,5-17H2,1-4H3,(H2,21,22,23). The molecule has 0 amide bonds. The maximum Gasteiger partial charge on any atom is 0.469 e. The van der Waals surface area contributed by atoms with Crippen molar-refractivity contribution in [2.45, 2.75) is 105 Å². The zero-order valence-corrected chi connectivity index (χ0v) is 18.0. The van der Waals surface area contributed by atoms with Crippen molar-refractivity contribution in [3.63, 3.8) is 0 Å². The topological polar surface area (TPSA) is 66.8 Å². The van der Waals surface area contributed by atoms with Gasteiger partial charge >= 0.3 is 7.82 Å². The molecule has 0 saturated carbocycles. The van der Waals surface area contributed by atoms with E-state index >= 15 is 0 Å². The Bertz CT molecular complexity index is 325. The lowest BCUT2D eigenvalue weighted by atomic mass is 9.80. The molecule has 5 heteroatoms. The van der Waals surface area contributed by atoms with Crippen molar-refractivity contribution >= 4 is 7.82 Å². The first kappa shape index (κ1) is 25.1. The van der Waals surface area contributed by atoms with Crippen LogP contribution in [0.25, 0.3) is 0 Å². The van der Waals surface area contributed by atoms with Gasteiger partial charge < -0.3 is 9.79 Å². The molecule has 0 fully saturated rings. The Morgan fingerprint density at radius 1 is 0.760 bits per heavy atom. The minimum atomic E-state index is -4.32. The Labute approximate surface area is 156 Å². The van der Waals surface area contributed by atoms with Crippen molar-refractivity contribution in [1.82, 2.24) is 0 Å². The second kappa shape index (κ2) is 15.2. The third-order valence-electron chi connectivity index (χ3n) is 5.44. The highest BCUT2D eigenvalue weighted by Crippen LogP contribution is 2.37. The Hall–Kier alpha value is 0.110. The minimum Gasteiger partial charge on any atom is -0.303 e. The monoisotopic (exact) mass is 378 g/mol. The summed E-state index contributed by atoms with van der Waals surface area (Å²) in [5.41, 5.74) is 0. The number of hydrogen-bond donors (Lipinski definition) is 2. The van der Waals surface area contributed by atoms with E-state index in [1.165, 1.54) is 64.2 Å². The summed E-state index contributed by atoms with van der Waals surface area (Å²) in [7, 11) is -4.32. The molecule has 2 atom stereocenters. The largest absolute Gasteiger partial charge is 0.469 e. The first-order valence-electron chi connectivity index (χ1n) is 10.6. The summed E-state index contributed by atoms with van der Waals surface area (Å²) in [5.74, 6) is 2.23. The zero-order valence-electron chi connectivity index (χ0n) is 17.1. The molecule has 0 radical (unpaired) electrons. The Morgan fingerprint density at radius 2 is 1.20 bits per heavy atom. The van der Waals surface area contributed by atoms with Gasteiger partial charge in [0.2, 0.25) is 0 Å². The molecule has 0 bridgehead atoms. The molecule has 0 aliphatic rings. The molecule has 4 nitrogen and oxygen atoms in total. The van der Waals surface area contributed by atoms with Crippen LogP contribution in [0.2, 0.25) is 0 Å². The molecule has 0 aliphatic heterocycles. The lowest BCUT2D eigenvalue weighted by Crippen LogP contribution is -2.14. The van der Waals surface area contributed by atoms with E-state index < -0.39 is 7.82 Å². The highest BCUT2D eigenvalue weighted by molar-refractivity contribution is 7.46. The van der Waals surface area contributed by atoms with Crippen LogP contribution in [0.4, 0.5) is 0 Å². The summed E-state index contributed by atoms with van der Waals surface area (Å²) in [5, 5.41) is 0. The molecule has 2 N–H and O–H groups in total. The van der Waals surface area contributed by atoms with Crippen LogP contribution in [0.15, 0.2) is 0 Å².